The zero-order valence-corrected chi connectivity index (χ0v) is 10.3. The van der Waals surface area contributed by atoms with E-state index in [0.717, 1.165) is 29.1 Å². The number of aryl methyl sites for hydroxylation is 2. The van der Waals surface area contributed by atoms with Gasteiger partial charge in [0.25, 0.3) is 0 Å². The molecule has 0 saturated carbocycles. The highest BCUT2D eigenvalue weighted by molar-refractivity contribution is 7.85. The van der Waals surface area contributed by atoms with Crippen LogP contribution in [0, 0.1) is 13.8 Å². The second-order valence-corrected chi connectivity index (χ2v) is 5.35. The lowest BCUT2D eigenvalue weighted by Crippen LogP contribution is -2.04. The number of rotatable bonds is 5. The second kappa shape index (κ2) is 6.03. The van der Waals surface area contributed by atoms with Crippen LogP contribution < -0.4 is 5.73 Å². The van der Waals surface area contributed by atoms with Crippen LogP contribution in [0.5, 0.6) is 0 Å². The van der Waals surface area contributed by atoms with Crippen LogP contribution in [0.2, 0.25) is 0 Å². The van der Waals surface area contributed by atoms with Crippen molar-refractivity contribution in [3.63, 3.8) is 0 Å². The topological polar surface area (TPSA) is 43.1 Å². The molecule has 0 aromatic heterocycles. The summed E-state index contributed by atoms with van der Waals surface area (Å²) < 4.78 is 12.0. The number of hydrogen-bond donors (Lipinski definition) is 1. The van der Waals surface area contributed by atoms with Crippen molar-refractivity contribution in [2.45, 2.75) is 31.6 Å². The van der Waals surface area contributed by atoms with Crippen LogP contribution in [0.25, 0.3) is 0 Å². The average Bonchev–Trinajstić information content (AvgIpc) is 2.22. The molecule has 0 saturated heterocycles. The molecule has 2 N–H and O–H groups in total. The summed E-state index contributed by atoms with van der Waals surface area (Å²) >= 11 is 0. The van der Waals surface area contributed by atoms with Gasteiger partial charge in [0.05, 0.1) is 10.8 Å². The molecule has 0 spiro atoms. The molecule has 84 valence electrons. The Balaban J connectivity index is 2.68. The highest BCUT2D eigenvalue weighted by Crippen LogP contribution is 2.15. The van der Waals surface area contributed by atoms with Crippen molar-refractivity contribution in [2.24, 2.45) is 5.73 Å². The Labute approximate surface area is 94.3 Å². The average molecular weight is 225 g/mol. The van der Waals surface area contributed by atoms with Crippen molar-refractivity contribution in [1.29, 1.82) is 0 Å². The van der Waals surface area contributed by atoms with Crippen LogP contribution in [-0.2, 0) is 10.8 Å². The fraction of sp³-hybridized carbons (Fsp3) is 0.500. The number of hydrogen-bond acceptors (Lipinski definition) is 2. The molecule has 1 aromatic rings. The van der Waals surface area contributed by atoms with E-state index in [1.807, 2.05) is 26.0 Å². The summed E-state index contributed by atoms with van der Waals surface area (Å²) in [7, 11) is -0.862. The Morgan fingerprint density at radius 3 is 2.67 bits per heavy atom. The van der Waals surface area contributed by atoms with Gasteiger partial charge in [-0.1, -0.05) is 12.1 Å². The zero-order chi connectivity index (χ0) is 11.3. The van der Waals surface area contributed by atoms with Gasteiger partial charge in [-0.15, -0.1) is 0 Å². The van der Waals surface area contributed by atoms with Crippen molar-refractivity contribution in [3.05, 3.63) is 29.3 Å². The lowest BCUT2D eigenvalue weighted by Gasteiger charge is -2.06. The van der Waals surface area contributed by atoms with Crippen molar-refractivity contribution in [2.75, 3.05) is 12.3 Å². The minimum atomic E-state index is -0.862. The molecule has 0 aliphatic rings. The van der Waals surface area contributed by atoms with Crippen molar-refractivity contribution in [3.8, 4) is 0 Å². The first-order valence-electron chi connectivity index (χ1n) is 5.31. The van der Waals surface area contributed by atoms with E-state index in [1.165, 1.54) is 5.56 Å². The van der Waals surface area contributed by atoms with Gasteiger partial charge in [-0.05, 0) is 50.4 Å². The molecule has 0 aliphatic carbocycles. The summed E-state index contributed by atoms with van der Waals surface area (Å²) in [6, 6.07) is 6.11. The highest BCUT2D eigenvalue weighted by Gasteiger charge is 2.06. The summed E-state index contributed by atoms with van der Waals surface area (Å²) in [4.78, 5) is 0.979. The van der Waals surface area contributed by atoms with Gasteiger partial charge in [-0.2, -0.15) is 0 Å². The first kappa shape index (κ1) is 12.4. The molecule has 0 bridgehead atoms. The van der Waals surface area contributed by atoms with Crippen LogP contribution in [0.15, 0.2) is 23.1 Å². The standard InChI is InChI=1S/C12H19NOS/c1-10-5-6-11(2)12(9-10)15(14)8-4-3-7-13/h5-6,9H,3-4,7-8,13H2,1-2H3. The minimum absolute atomic E-state index is 0.685. The normalized spacial score (nSPS) is 12.7. The van der Waals surface area contributed by atoms with E-state index < -0.39 is 10.8 Å². The highest BCUT2D eigenvalue weighted by atomic mass is 32.2. The molecule has 1 aromatic carbocycles. The van der Waals surface area contributed by atoms with E-state index in [4.69, 9.17) is 5.73 Å². The van der Waals surface area contributed by atoms with Crippen LogP contribution in [0.1, 0.15) is 24.0 Å². The molecule has 0 aliphatic heterocycles. The smallest absolute Gasteiger partial charge is 0.0532 e. The van der Waals surface area contributed by atoms with E-state index in [0.29, 0.717) is 6.54 Å². The van der Waals surface area contributed by atoms with E-state index >= 15 is 0 Å². The maximum Gasteiger partial charge on any atom is 0.0532 e. The molecular formula is C12H19NOS. The first-order valence-corrected chi connectivity index (χ1v) is 6.62. The summed E-state index contributed by atoms with van der Waals surface area (Å²) in [5, 5.41) is 0. The van der Waals surface area contributed by atoms with E-state index in [9.17, 15) is 4.21 Å². The Bertz CT molecular complexity index is 349. The SMILES string of the molecule is Cc1ccc(C)c(S(=O)CCCCN)c1. The predicted octanol–water partition coefficient (Wildman–Crippen LogP) is 2.15. The largest absolute Gasteiger partial charge is 0.330 e. The van der Waals surface area contributed by atoms with Crippen molar-refractivity contribution >= 4 is 10.8 Å². The fourth-order valence-corrected chi connectivity index (χ4v) is 2.87. The summed E-state index contributed by atoms with van der Waals surface area (Å²) in [6.45, 7) is 4.72. The van der Waals surface area contributed by atoms with Gasteiger partial charge in [-0.25, -0.2) is 0 Å². The molecular weight excluding hydrogens is 206 g/mol. The molecule has 15 heavy (non-hydrogen) atoms. The molecule has 0 fully saturated rings. The molecule has 3 heteroatoms. The lowest BCUT2D eigenvalue weighted by molar-refractivity contribution is 0.677. The van der Waals surface area contributed by atoms with Gasteiger partial charge in [0.2, 0.25) is 0 Å². The summed E-state index contributed by atoms with van der Waals surface area (Å²) in [5.74, 6) is 0.724. The molecule has 1 rings (SSSR count). The zero-order valence-electron chi connectivity index (χ0n) is 9.45. The second-order valence-electron chi connectivity index (χ2n) is 3.81. The molecule has 1 atom stereocenters. The molecule has 1 unspecified atom stereocenters. The van der Waals surface area contributed by atoms with Gasteiger partial charge in [-0.3, -0.25) is 4.21 Å². The van der Waals surface area contributed by atoms with E-state index in [2.05, 4.69) is 6.07 Å². The maximum absolute atomic E-state index is 12.0. The Morgan fingerprint density at radius 2 is 2.00 bits per heavy atom. The molecule has 0 amide bonds. The van der Waals surface area contributed by atoms with Crippen molar-refractivity contribution in [1.82, 2.24) is 0 Å². The molecule has 0 radical (unpaired) electrons. The van der Waals surface area contributed by atoms with Gasteiger partial charge in [0.1, 0.15) is 0 Å². The monoisotopic (exact) mass is 225 g/mol. The Hall–Kier alpha value is -0.670. The van der Waals surface area contributed by atoms with Crippen LogP contribution in [0.4, 0.5) is 0 Å². The van der Waals surface area contributed by atoms with Crippen LogP contribution in [0.3, 0.4) is 0 Å². The minimum Gasteiger partial charge on any atom is -0.330 e. The fourth-order valence-electron chi connectivity index (χ4n) is 1.44. The lowest BCUT2D eigenvalue weighted by atomic mass is 10.2. The van der Waals surface area contributed by atoms with E-state index in [1.54, 1.807) is 0 Å². The van der Waals surface area contributed by atoms with E-state index in [-0.39, 0.29) is 0 Å². The number of unbranched alkanes of at least 4 members (excludes halogenated alkanes) is 1. The predicted molar refractivity (Wildman–Crippen MR) is 65.5 cm³/mol. The molecule has 2 nitrogen and oxygen atoms in total. The Morgan fingerprint density at radius 1 is 1.27 bits per heavy atom. The molecule has 0 heterocycles. The van der Waals surface area contributed by atoms with Crippen LogP contribution >= 0.6 is 0 Å². The van der Waals surface area contributed by atoms with Gasteiger partial charge < -0.3 is 5.73 Å². The number of nitrogens with two attached hydrogens (primary N) is 1. The van der Waals surface area contributed by atoms with Gasteiger partial charge in [0.15, 0.2) is 0 Å². The maximum atomic E-state index is 12.0. The quantitative estimate of drug-likeness (QED) is 0.780. The third-order valence-electron chi connectivity index (χ3n) is 2.37. The third kappa shape index (κ3) is 3.76. The summed E-state index contributed by atoms with van der Waals surface area (Å²) in [5.41, 5.74) is 7.70. The van der Waals surface area contributed by atoms with Crippen LogP contribution in [-0.4, -0.2) is 16.5 Å². The Kier molecular flexibility index (Phi) is 4.99. The van der Waals surface area contributed by atoms with Crippen molar-refractivity contribution < 1.29 is 4.21 Å². The van der Waals surface area contributed by atoms with Gasteiger partial charge >= 0.3 is 0 Å². The number of benzene rings is 1. The first-order chi connectivity index (χ1) is 7.15. The third-order valence-corrected chi connectivity index (χ3v) is 3.96. The van der Waals surface area contributed by atoms with Gasteiger partial charge in [0, 0.05) is 10.6 Å². The summed E-state index contributed by atoms with van der Waals surface area (Å²) in [6.07, 6.45) is 1.90.